The average Bonchev–Trinajstić information content (AvgIpc) is 1.50. The summed E-state index contributed by atoms with van der Waals surface area (Å²) in [6, 6.07) is 117. The summed E-state index contributed by atoms with van der Waals surface area (Å²) in [5.41, 5.74) is 26.7. The van der Waals surface area contributed by atoms with Crippen molar-refractivity contribution in [1.29, 1.82) is 0 Å². The number of benzene rings is 16. The Morgan fingerprint density at radius 2 is 0.564 bits per heavy atom. The van der Waals surface area contributed by atoms with E-state index in [0.717, 1.165) is 61.4 Å². The van der Waals surface area contributed by atoms with Crippen LogP contribution in [0.2, 0.25) is 0 Å². The second-order valence-electron chi connectivity index (χ2n) is 25.6. The molecule has 4 aliphatic rings. The molecule has 0 amide bonds. The van der Waals surface area contributed by atoms with E-state index in [4.69, 9.17) is 0 Å². The average molecular weight is 1200 g/mol. The smallest absolute Gasteiger partial charge is 0.125 e. The predicted octanol–water partition coefficient (Wildman–Crippen LogP) is 23.9. The maximum Gasteiger partial charge on any atom is 0.125 e. The van der Waals surface area contributed by atoms with E-state index in [9.17, 15) is 4.39 Å². The second-order valence-corrected chi connectivity index (χ2v) is 25.6. The van der Waals surface area contributed by atoms with Crippen molar-refractivity contribution in [2.75, 3.05) is 9.80 Å². The monoisotopic (exact) mass is 1200 g/mol. The van der Waals surface area contributed by atoms with Crippen LogP contribution in [-0.2, 0) is 10.8 Å². The van der Waals surface area contributed by atoms with Gasteiger partial charge in [0.25, 0.3) is 0 Å². The van der Waals surface area contributed by atoms with Crippen molar-refractivity contribution >= 4 is 77.2 Å². The van der Waals surface area contributed by atoms with Gasteiger partial charge in [0.1, 0.15) is 11.6 Å². The first-order chi connectivity index (χ1) is 46.4. The fourth-order valence-corrected chi connectivity index (χ4v) is 17.5. The minimum absolute atomic E-state index is 0.270. The molecule has 0 saturated heterocycles. The summed E-state index contributed by atoms with van der Waals surface area (Å²) in [6.45, 7) is 0. The van der Waals surface area contributed by atoms with Crippen LogP contribution in [0.25, 0.3) is 98.7 Å². The van der Waals surface area contributed by atoms with Crippen molar-refractivity contribution in [3.8, 4) is 55.6 Å². The van der Waals surface area contributed by atoms with Crippen LogP contribution in [0.1, 0.15) is 44.5 Å². The molecule has 0 atom stereocenters. The largest absolute Gasteiger partial charge is 0.310 e. The van der Waals surface area contributed by atoms with Gasteiger partial charge in [-0.15, -0.1) is 0 Å². The molecule has 0 saturated carbocycles. The Morgan fingerprint density at radius 1 is 0.202 bits per heavy atom. The van der Waals surface area contributed by atoms with E-state index < -0.39 is 10.8 Å². The molecule has 0 N–H and O–H groups in total. The Balaban J connectivity index is 0.735. The molecule has 4 heteroatoms. The summed E-state index contributed by atoms with van der Waals surface area (Å²) < 4.78 is 30.3. The van der Waals surface area contributed by atoms with Crippen molar-refractivity contribution < 1.29 is 8.78 Å². The molecule has 4 aliphatic carbocycles. The first kappa shape index (κ1) is 52.8. The highest BCUT2D eigenvalue weighted by Gasteiger charge is 2.55. The van der Waals surface area contributed by atoms with Crippen LogP contribution >= 0.6 is 0 Å². The third-order valence-electron chi connectivity index (χ3n) is 21.1. The van der Waals surface area contributed by atoms with Crippen LogP contribution < -0.4 is 9.80 Å². The zero-order chi connectivity index (χ0) is 62.0. The number of fused-ring (bicyclic) bond motifs is 28. The minimum atomic E-state index is -0.647. The van der Waals surface area contributed by atoms with Gasteiger partial charge in [0.2, 0.25) is 0 Å². The Labute approximate surface area is 542 Å². The van der Waals surface area contributed by atoms with Gasteiger partial charge in [-0.25, -0.2) is 8.78 Å². The summed E-state index contributed by atoms with van der Waals surface area (Å²) in [4.78, 5) is 4.41. The van der Waals surface area contributed by atoms with Crippen molar-refractivity contribution in [1.82, 2.24) is 0 Å². The molecule has 0 radical (unpaired) electrons. The van der Waals surface area contributed by atoms with E-state index >= 15 is 4.39 Å². The molecule has 16 aromatic carbocycles. The highest BCUT2D eigenvalue weighted by molar-refractivity contribution is 6.12. The van der Waals surface area contributed by atoms with Crippen LogP contribution in [-0.4, -0.2) is 0 Å². The number of rotatable bonds is 7. The number of para-hydroxylation sites is 1. The van der Waals surface area contributed by atoms with E-state index in [1.54, 1.807) is 12.1 Å². The summed E-state index contributed by atoms with van der Waals surface area (Å²) in [7, 11) is 0. The molecule has 0 aromatic heterocycles. The molecule has 0 heterocycles. The summed E-state index contributed by atoms with van der Waals surface area (Å²) in [6.07, 6.45) is 0. The lowest BCUT2D eigenvalue weighted by Gasteiger charge is -2.33. The molecular formula is C90H54F2N2. The quantitative estimate of drug-likeness (QED) is 0.157. The zero-order valence-electron chi connectivity index (χ0n) is 50.8. The molecule has 0 bridgehead atoms. The van der Waals surface area contributed by atoms with Gasteiger partial charge in [-0.2, -0.15) is 0 Å². The van der Waals surface area contributed by atoms with Crippen LogP contribution in [0.4, 0.5) is 42.9 Å². The van der Waals surface area contributed by atoms with E-state index in [1.165, 1.54) is 134 Å². The molecule has 2 nitrogen and oxygen atoms in total. The lowest BCUT2D eigenvalue weighted by atomic mass is 9.68. The Kier molecular flexibility index (Phi) is 11.1. The van der Waals surface area contributed by atoms with Gasteiger partial charge < -0.3 is 9.80 Å². The highest BCUT2D eigenvalue weighted by Crippen LogP contribution is 2.68. The molecule has 0 unspecified atom stereocenters. The molecular weight excluding hydrogens is 1150 g/mol. The van der Waals surface area contributed by atoms with Crippen molar-refractivity contribution in [3.05, 3.63) is 384 Å². The van der Waals surface area contributed by atoms with E-state index in [-0.39, 0.29) is 11.6 Å². The summed E-state index contributed by atoms with van der Waals surface area (Å²) in [5.74, 6) is -0.569. The molecule has 20 rings (SSSR count). The highest BCUT2D eigenvalue weighted by atomic mass is 19.1. The maximum atomic E-state index is 15.8. The van der Waals surface area contributed by atoms with Crippen LogP contribution in [0.15, 0.2) is 328 Å². The summed E-state index contributed by atoms with van der Waals surface area (Å²) in [5, 5.41) is 9.43. The van der Waals surface area contributed by atoms with Gasteiger partial charge in [0.15, 0.2) is 0 Å². The fraction of sp³-hybridized carbons (Fsp3) is 0.0222. The molecule has 0 aliphatic heterocycles. The molecule has 438 valence electrons. The van der Waals surface area contributed by atoms with Crippen molar-refractivity contribution in [2.45, 2.75) is 10.8 Å². The van der Waals surface area contributed by atoms with Crippen LogP contribution in [0.3, 0.4) is 0 Å². The predicted molar refractivity (Wildman–Crippen MR) is 384 cm³/mol. The standard InChI is InChI=1S/C90H54F2N2/c91-61-37-39-64(40-38-61)93(63-19-2-1-3-20-63)67-41-48-71-59(52-67)35-47-80-78-45-34-58-50-57(33-43-70(58)86(78)90(88(71)80)83-30-12-8-26-75(83)76-27-9-13-31-84(76)90)56-17-14-21-65(51-56)94(66-22-15-18-62(92)54-66)68-42-49-72-60(53-68)36-46-79-77-44-32-55-16-4-5-23-69(55)85(77)89(87(72)79)81-28-10-6-24-73(81)74-25-7-11-29-82(74)89/h1-54H. The van der Waals surface area contributed by atoms with Gasteiger partial charge >= 0.3 is 0 Å². The lowest BCUT2D eigenvalue weighted by molar-refractivity contribution is 0.627. The van der Waals surface area contributed by atoms with Crippen molar-refractivity contribution in [3.63, 3.8) is 0 Å². The van der Waals surface area contributed by atoms with Gasteiger partial charge in [0.05, 0.1) is 10.8 Å². The molecule has 0 fully saturated rings. The van der Waals surface area contributed by atoms with Gasteiger partial charge in [-0.05, 0) is 240 Å². The molecule has 2 spiro atoms. The zero-order valence-corrected chi connectivity index (χ0v) is 50.8. The fourth-order valence-electron chi connectivity index (χ4n) is 17.5. The third kappa shape index (κ3) is 7.17. The number of nitrogens with zero attached hydrogens (tertiary/aromatic N) is 2. The SMILES string of the molecule is Fc1ccc(N(c2ccccc2)c2ccc3c4c(ccc3c2)-c2ccc3cc(-c5cccc(N(c6cccc(F)c6)c6ccc7c8c(ccc7c6)-c6ccc7ccccc7c6C86c7ccccc7-c7ccccc76)c5)ccc3c2C42c3ccccc3-c3ccccc32)cc1. The maximum absolute atomic E-state index is 15.8. The first-order valence-corrected chi connectivity index (χ1v) is 32.3. The summed E-state index contributed by atoms with van der Waals surface area (Å²) >= 11 is 0. The van der Waals surface area contributed by atoms with Gasteiger partial charge in [0, 0.05) is 34.1 Å². The number of hydrogen-bond donors (Lipinski definition) is 0. The third-order valence-corrected chi connectivity index (χ3v) is 21.1. The van der Waals surface area contributed by atoms with Gasteiger partial charge in [-0.1, -0.05) is 231 Å². The first-order valence-electron chi connectivity index (χ1n) is 32.3. The Bertz CT molecular complexity index is 5830. The Hall–Kier alpha value is -12.0. The number of hydrogen-bond acceptors (Lipinski definition) is 2. The van der Waals surface area contributed by atoms with Gasteiger partial charge in [-0.3, -0.25) is 0 Å². The topological polar surface area (TPSA) is 6.48 Å². The molecule has 94 heavy (non-hydrogen) atoms. The van der Waals surface area contributed by atoms with Crippen molar-refractivity contribution in [2.24, 2.45) is 0 Å². The minimum Gasteiger partial charge on any atom is -0.310 e. The van der Waals surface area contributed by atoms with E-state index in [0.29, 0.717) is 0 Å². The normalized spacial score (nSPS) is 13.6. The van der Waals surface area contributed by atoms with E-state index in [1.807, 2.05) is 36.4 Å². The van der Waals surface area contributed by atoms with E-state index in [2.05, 4.69) is 271 Å². The number of anilines is 6. The number of halogens is 2. The molecule has 16 aromatic rings. The Morgan fingerprint density at radius 3 is 1.09 bits per heavy atom. The van der Waals surface area contributed by atoms with Crippen LogP contribution in [0, 0.1) is 11.6 Å². The lowest BCUT2D eigenvalue weighted by Crippen LogP contribution is -2.26. The second kappa shape index (κ2) is 19.8. The van der Waals surface area contributed by atoms with Crippen LogP contribution in [0.5, 0.6) is 0 Å².